The molecule has 1 amide bonds. The highest BCUT2D eigenvalue weighted by Gasteiger charge is 2.30. The lowest BCUT2D eigenvalue weighted by Gasteiger charge is -2.13. The van der Waals surface area contributed by atoms with Gasteiger partial charge in [0, 0.05) is 10.7 Å². The summed E-state index contributed by atoms with van der Waals surface area (Å²) in [6.07, 6.45) is -2.91. The molecule has 0 bridgehead atoms. The van der Waals surface area contributed by atoms with Gasteiger partial charge in [0.05, 0.1) is 16.5 Å². The summed E-state index contributed by atoms with van der Waals surface area (Å²) in [5.74, 6) is -0.370. The van der Waals surface area contributed by atoms with Crippen LogP contribution in [0.2, 0.25) is 5.02 Å². The number of nitrogens with zero attached hydrogens (tertiary/aromatic N) is 3. The normalized spacial score (nSPS) is 12.6. The van der Waals surface area contributed by atoms with Crippen LogP contribution in [0.15, 0.2) is 60.0 Å². The van der Waals surface area contributed by atoms with E-state index >= 15 is 0 Å². The minimum Gasteiger partial charge on any atom is -0.325 e. The Balaban J connectivity index is 1.68. The molecule has 1 N–H and O–H groups in total. The number of benzene rings is 2. The minimum absolute atomic E-state index is 0.279. The Hall–Kier alpha value is -2.52. The fourth-order valence-electron chi connectivity index (χ4n) is 2.31. The summed E-state index contributed by atoms with van der Waals surface area (Å²) >= 11 is 7.17. The Bertz CT molecular complexity index is 975. The first-order valence-electron chi connectivity index (χ1n) is 8.05. The second kappa shape index (κ2) is 8.24. The lowest BCUT2D eigenvalue weighted by molar-refractivity contribution is -0.137. The van der Waals surface area contributed by atoms with Gasteiger partial charge in [-0.1, -0.05) is 29.4 Å². The van der Waals surface area contributed by atoms with Crippen molar-refractivity contribution < 1.29 is 18.0 Å². The highest BCUT2D eigenvalue weighted by molar-refractivity contribution is 8.00. The van der Waals surface area contributed by atoms with Crippen LogP contribution in [0.4, 0.5) is 18.9 Å². The van der Waals surface area contributed by atoms with Crippen molar-refractivity contribution in [1.29, 1.82) is 0 Å². The van der Waals surface area contributed by atoms with Gasteiger partial charge in [0.25, 0.3) is 0 Å². The summed E-state index contributed by atoms with van der Waals surface area (Å²) < 4.78 is 39.5. The number of nitrogens with one attached hydrogen (secondary N) is 1. The molecule has 0 aliphatic heterocycles. The molecule has 5 nitrogen and oxygen atoms in total. The Kier molecular flexibility index (Phi) is 5.95. The zero-order chi connectivity index (χ0) is 20.3. The van der Waals surface area contributed by atoms with Crippen LogP contribution in [0.3, 0.4) is 0 Å². The van der Waals surface area contributed by atoms with E-state index in [2.05, 4.69) is 15.5 Å². The molecule has 3 rings (SSSR count). The van der Waals surface area contributed by atoms with Gasteiger partial charge in [-0.05, 0) is 49.4 Å². The van der Waals surface area contributed by atoms with Gasteiger partial charge in [0.15, 0.2) is 5.16 Å². The number of halogens is 4. The number of carbonyl (C=O) groups is 1. The third kappa shape index (κ3) is 4.85. The van der Waals surface area contributed by atoms with Crippen LogP contribution in [0.25, 0.3) is 5.69 Å². The van der Waals surface area contributed by atoms with Crippen molar-refractivity contribution in [3.05, 3.63) is 65.4 Å². The molecule has 0 saturated heterocycles. The number of thioether (sulfide) groups is 1. The van der Waals surface area contributed by atoms with Crippen molar-refractivity contribution >= 4 is 35.0 Å². The van der Waals surface area contributed by atoms with E-state index in [0.717, 1.165) is 17.8 Å². The van der Waals surface area contributed by atoms with Crippen molar-refractivity contribution in [3.8, 4) is 5.69 Å². The molecule has 0 aliphatic rings. The van der Waals surface area contributed by atoms with Crippen LogP contribution < -0.4 is 5.32 Å². The second-order valence-corrected chi connectivity index (χ2v) is 7.53. The molecule has 1 unspecified atom stereocenters. The Morgan fingerprint density at radius 1 is 1.21 bits per heavy atom. The third-order valence-corrected chi connectivity index (χ3v) is 5.03. The molecular weight excluding hydrogens is 413 g/mol. The van der Waals surface area contributed by atoms with Crippen molar-refractivity contribution in [2.24, 2.45) is 0 Å². The highest BCUT2D eigenvalue weighted by atomic mass is 35.5. The second-order valence-electron chi connectivity index (χ2n) is 5.79. The van der Waals surface area contributed by atoms with Gasteiger partial charge in [-0.2, -0.15) is 13.2 Å². The molecule has 1 aromatic heterocycles. The molecule has 146 valence electrons. The van der Waals surface area contributed by atoms with E-state index in [-0.39, 0.29) is 11.6 Å². The Morgan fingerprint density at radius 2 is 1.93 bits per heavy atom. The molecule has 10 heteroatoms. The van der Waals surface area contributed by atoms with Crippen LogP contribution in [0.1, 0.15) is 12.5 Å². The summed E-state index contributed by atoms with van der Waals surface area (Å²) in [5.41, 5.74) is 0.250. The minimum atomic E-state index is -4.42. The lowest BCUT2D eigenvalue weighted by Crippen LogP contribution is -2.23. The van der Waals surface area contributed by atoms with Gasteiger partial charge < -0.3 is 5.32 Å². The van der Waals surface area contributed by atoms with Gasteiger partial charge >= 0.3 is 6.18 Å². The predicted octanol–water partition coefficient (Wildman–Crippen LogP) is 5.06. The fraction of sp³-hybridized carbons (Fsp3) is 0.167. The van der Waals surface area contributed by atoms with Gasteiger partial charge in [0.2, 0.25) is 5.91 Å². The summed E-state index contributed by atoms with van der Waals surface area (Å²) in [6, 6.07) is 11.4. The predicted molar refractivity (Wildman–Crippen MR) is 102 cm³/mol. The SMILES string of the molecule is CC(Sc1nncn1-c1cccc(Cl)c1)C(=O)Nc1ccc(C(F)(F)F)cc1. The molecule has 0 fully saturated rings. The number of carbonyl (C=O) groups excluding carboxylic acids is 1. The van der Waals surface area contributed by atoms with Gasteiger partial charge in [-0.25, -0.2) is 0 Å². The maximum atomic E-state index is 12.6. The van der Waals surface area contributed by atoms with Crippen LogP contribution >= 0.6 is 23.4 Å². The van der Waals surface area contributed by atoms with Crippen LogP contribution in [-0.4, -0.2) is 25.9 Å². The van der Waals surface area contributed by atoms with E-state index in [1.165, 1.54) is 30.2 Å². The number of hydrogen-bond donors (Lipinski definition) is 1. The standard InChI is InChI=1S/C18H14ClF3N4OS/c1-11(16(27)24-14-7-5-12(6-8-14)18(20,21)22)28-17-25-23-10-26(17)15-4-2-3-13(19)9-15/h2-11H,1H3,(H,24,27). The average molecular weight is 427 g/mol. The topological polar surface area (TPSA) is 59.8 Å². The molecule has 0 aliphatic carbocycles. The molecular formula is C18H14ClF3N4OS. The lowest BCUT2D eigenvalue weighted by atomic mass is 10.2. The highest BCUT2D eigenvalue weighted by Crippen LogP contribution is 2.30. The molecule has 0 radical (unpaired) electrons. The van der Waals surface area contributed by atoms with Gasteiger partial charge in [0.1, 0.15) is 6.33 Å². The van der Waals surface area contributed by atoms with E-state index in [1.807, 2.05) is 6.07 Å². The van der Waals surface area contributed by atoms with Crippen LogP contribution in [0.5, 0.6) is 0 Å². The quantitative estimate of drug-likeness (QED) is 0.579. The molecule has 1 atom stereocenters. The first-order valence-corrected chi connectivity index (χ1v) is 9.30. The average Bonchev–Trinajstić information content (AvgIpc) is 3.09. The van der Waals surface area contributed by atoms with Crippen LogP contribution in [-0.2, 0) is 11.0 Å². The summed E-state index contributed by atoms with van der Waals surface area (Å²) in [7, 11) is 0. The fourth-order valence-corrected chi connectivity index (χ4v) is 3.33. The maximum absolute atomic E-state index is 12.6. The van der Waals surface area contributed by atoms with Crippen molar-refractivity contribution in [2.75, 3.05) is 5.32 Å². The van der Waals surface area contributed by atoms with E-state index in [9.17, 15) is 18.0 Å². The molecule has 0 spiro atoms. The molecule has 2 aromatic carbocycles. The first kappa shape index (κ1) is 20.2. The summed E-state index contributed by atoms with van der Waals surface area (Å²) in [5, 5.41) is 11.0. The number of alkyl halides is 3. The van der Waals surface area contributed by atoms with E-state index in [4.69, 9.17) is 11.6 Å². The summed E-state index contributed by atoms with van der Waals surface area (Å²) in [4.78, 5) is 12.4. The van der Waals surface area contributed by atoms with E-state index in [1.54, 1.807) is 29.7 Å². The summed E-state index contributed by atoms with van der Waals surface area (Å²) in [6.45, 7) is 1.67. The first-order chi connectivity index (χ1) is 13.2. The molecule has 0 saturated carbocycles. The van der Waals surface area contributed by atoms with Gasteiger partial charge in [-0.3, -0.25) is 9.36 Å². The van der Waals surface area contributed by atoms with E-state index < -0.39 is 17.0 Å². The Morgan fingerprint density at radius 3 is 2.57 bits per heavy atom. The number of hydrogen-bond acceptors (Lipinski definition) is 4. The van der Waals surface area contributed by atoms with Crippen LogP contribution in [0, 0.1) is 0 Å². The zero-order valence-electron chi connectivity index (χ0n) is 14.4. The maximum Gasteiger partial charge on any atom is 0.416 e. The smallest absolute Gasteiger partial charge is 0.325 e. The number of anilines is 1. The van der Waals surface area contributed by atoms with Gasteiger partial charge in [-0.15, -0.1) is 10.2 Å². The van der Waals surface area contributed by atoms with E-state index in [0.29, 0.717) is 10.2 Å². The largest absolute Gasteiger partial charge is 0.416 e. The number of rotatable bonds is 5. The molecule has 1 heterocycles. The number of aromatic nitrogens is 3. The van der Waals surface area contributed by atoms with Crippen molar-refractivity contribution in [2.45, 2.75) is 23.5 Å². The Labute approximate surface area is 167 Å². The zero-order valence-corrected chi connectivity index (χ0v) is 16.0. The third-order valence-electron chi connectivity index (χ3n) is 3.73. The molecule has 3 aromatic rings. The van der Waals surface area contributed by atoms with Crippen molar-refractivity contribution in [3.63, 3.8) is 0 Å². The monoisotopic (exact) mass is 426 g/mol. The molecule has 28 heavy (non-hydrogen) atoms. The van der Waals surface area contributed by atoms with Crippen molar-refractivity contribution in [1.82, 2.24) is 14.8 Å². The number of amides is 1.